The molecule has 1 aliphatic heterocycles. The maximum atomic E-state index is 12.0. The molecular weight excluding hydrogens is 390 g/mol. The molecule has 0 N–H and O–H groups in total. The maximum absolute atomic E-state index is 12.0. The second-order valence-electron chi connectivity index (χ2n) is 8.38. The summed E-state index contributed by atoms with van der Waals surface area (Å²) in [6.07, 6.45) is 6.79. The summed E-state index contributed by atoms with van der Waals surface area (Å²) in [5.74, 6) is 0.904. The van der Waals surface area contributed by atoms with E-state index in [1.165, 1.54) is 31.0 Å². The fourth-order valence-electron chi connectivity index (χ4n) is 3.25. The van der Waals surface area contributed by atoms with Crippen molar-refractivity contribution in [1.29, 1.82) is 0 Å². The predicted molar refractivity (Wildman–Crippen MR) is 115 cm³/mol. The second-order valence-corrected chi connectivity index (χ2v) is 8.91. The fraction of sp³-hybridized carbons (Fsp3) is 0.762. The molecule has 0 saturated carbocycles. The zero-order chi connectivity index (χ0) is 21.3. The highest BCUT2D eigenvalue weighted by Crippen LogP contribution is 2.31. The number of carbonyl (C=O) groups excluding carboxylic acids is 1. The first-order valence-electron chi connectivity index (χ1n) is 10.7. The number of unbranched alkanes of at least 4 members (excludes halogenated alkanes) is 3. The van der Waals surface area contributed by atoms with Crippen LogP contribution in [0.5, 0.6) is 5.88 Å². The molecule has 8 heteroatoms. The van der Waals surface area contributed by atoms with Crippen LogP contribution < -0.4 is 4.74 Å². The van der Waals surface area contributed by atoms with Gasteiger partial charge in [0.15, 0.2) is 0 Å². The van der Waals surface area contributed by atoms with Crippen molar-refractivity contribution in [1.82, 2.24) is 8.75 Å². The average Bonchev–Trinajstić information content (AvgIpc) is 3.15. The number of nitrogens with zero attached hydrogens (tertiary/aromatic N) is 3. The van der Waals surface area contributed by atoms with E-state index in [-0.39, 0.29) is 12.1 Å². The first-order chi connectivity index (χ1) is 13.9. The van der Waals surface area contributed by atoms with Crippen molar-refractivity contribution < 1.29 is 23.5 Å². The Morgan fingerprint density at radius 1 is 1.24 bits per heavy atom. The standard InChI is InChI=1S/C21H36N3O4S/c1-6-7-8-9-13-26-20-19(22-29-23-20)18-11-10-12-24(5,14-18)17(4)28-21(25)27-15-16(2)3/h11,16-17H,6-10,12-15H2,1-5H3/q+1/t17-,24?/m0/s1. The van der Waals surface area contributed by atoms with E-state index in [4.69, 9.17) is 14.2 Å². The molecule has 0 bridgehead atoms. The van der Waals surface area contributed by atoms with E-state index < -0.39 is 6.16 Å². The molecule has 0 fully saturated rings. The summed E-state index contributed by atoms with van der Waals surface area (Å²) >= 11 is 1.18. The van der Waals surface area contributed by atoms with Gasteiger partial charge in [-0.2, -0.15) is 4.37 Å². The number of aromatic nitrogens is 2. The molecule has 2 atom stereocenters. The summed E-state index contributed by atoms with van der Waals surface area (Å²) in [5, 5.41) is 0. The first kappa shape index (κ1) is 23.6. The van der Waals surface area contributed by atoms with E-state index in [0.717, 1.165) is 30.7 Å². The minimum absolute atomic E-state index is 0.282. The third-order valence-electron chi connectivity index (χ3n) is 5.24. The van der Waals surface area contributed by atoms with E-state index in [9.17, 15) is 4.79 Å². The number of carbonyl (C=O) groups is 1. The van der Waals surface area contributed by atoms with Gasteiger partial charge in [0, 0.05) is 18.9 Å². The summed E-state index contributed by atoms with van der Waals surface area (Å²) in [6, 6.07) is 0. The Bertz CT molecular complexity index is 677. The lowest BCUT2D eigenvalue weighted by Crippen LogP contribution is -2.55. The van der Waals surface area contributed by atoms with Gasteiger partial charge in [0.2, 0.25) is 6.23 Å². The quantitative estimate of drug-likeness (QED) is 0.285. The average molecular weight is 427 g/mol. The molecule has 1 aromatic heterocycles. The Kier molecular flexibility index (Phi) is 9.36. The topological polar surface area (TPSA) is 70.5 Å². The number of quaternary nitrogens is 1. The molecule has 7 nitrogen and oxygen atoms in total. The molecule has 0 saturated heterocycles. The van der Waals surface area contributed by atoms with Crippen molar-refractivity contribution in [2.24, 2.45) is 5.92 Å². The molecule has 0 radical (unpaired) electrons. The maximum Gasteiger partial charge on any atom is 0.512 e. The van der Waals surface area contributed by atoms with Crippen molar-refractivity contribution in [2.75, 3.05) is 33.4 Å². The van der Waals surface area contributed by atoms with Crippen LogP contribution in [0.3, 0.4) is 0 Å². The van der Waals surface area contributed by atoms with Crippen LogP contribution in [-0.2, 0) is 9.47 Å². The number of hydrogen-bond acceptors (Lipinski definition) is 7. The van der Waals surface area contributed by atoms with Gasteiger partial charge in [-0.3, -0.25) is 4.48 Å². The molecule has 2 rings (SSSR count). The van der Waals surface area contributed by atoms with Crippen LogP contribution in [0.1, 0.15) is 65.5 Å². The molecular formula is C21H36N3O4S+. The highest BCUT2D eigenvalue weighted by molar-refractivity contribution is 6.99. The van der Waals surface area contributed by atoms with Gasteiger partial charge in [-0.05, 0) is 12.3 Å². The molecule has 1 aromatic rings. The first-order valence-corrected chi connectivity index (χ1v) is 11.4. The minimum Gasteiger partial charge on any atom is -0.475 e. The van der Waals surface area contributed by atoms with Crippen LogP contribution >= 0.6 is 11.7 Å². The van der Waals surface area contributed by atoms with Crippen LogP contribution in [-0.4, -0.2) is 59.0 Å². The SMILES string of the molecule is CCCCCCOc1nsnc1C1=CCC[N+](C)([C@H](C)OC(=O)OCC(C)C)C1. The largest absolute Gasteiger partial charge is 0.512 e. The van der Waals surface area contributed by atoms with Crippen LogP contribution in [0.2, 0.25) is 0 Å². The Labute approximate surface area is 179 Å². The monoisotopic (exact) mass is 426 g/mol. The zero-order valence-corrected chi connectivity index (χ0v) is 19.3. The van der Waals surface area contributed by atoms with E-state index >= 15 is 0 Å². The highest BCUT2D eigenvalue weighted by atomic mass is 32.1. The van der Waals surface area contributed by atoms with E-state index in [0.29, 0.717) is 30.1 Å². The lowest BCUT2D eigenvalue weighted by Gasteiger charge is -2.41. The highest BCUT2D eigenvalue weighted by Gasteiger charge is 2.37. The lowest BCUT2D eigenvalue weighted by atomic mass is 10.0. The van der Waals surface area contributed by atoms with Crippen LogP contribution in [0.25, 0.3) is 5.57 Å². The van der Waals surface area contributed by atoms with Crippen molar-refractivity contribution in [3.05, 3.63) is 11.8 Å². The van der Waals surface area contributed by atoms with Gasteiger partial charge in [-0.1, -0.05) is 46.1 Å². The summed E-state index contributed by atoms with van der Waals surface area (Å²) in [4.78, 5) is 12.0. The van der Waals surface area contributed by atoms with Gasteiger partial charge in [0.1, 0.15) is 12.2 Å². The third kappa shape index (κ3) is 7.26. The Balaban J connectivity index is 1.95. The Morgan fingerprint density at radius 2 is 2.03 bits per heavy atom. The summed E-state index contributed by atoms with van der Waals surface area (Å²) in [7, 11) is 2.10. The molecule has 1 unspecified atom stereocenters. The molecule has 29 heavy (non-hydrogen) atoms. The normalized spacial score (nSPS) is 20.3. The van der Waals surface area contributed by atoms with Crippen LogP contribution in [0, 0.1) is 5.92 Å². The van der Waals surface area contributed by atoms with Gasteiger partial charge < -0.3 is 14.2 Å². The van der Waals surface area contributed by atoms with Gasteiger partial charge in [-0.25, -0.2) is 4.79 Å². The molecule has 0 aromatic carbocycles. The summed E-state index contributed by atoms with van der Waals surface area (Å²) in [5.41, 5.74) is 1.92. The molecule has 0 amide bonds. The number of hydrogen-bond donors (Lipinski definition) is 0. The van der Waals surface area contributed by atoms with Crippen LogP contribution in [0.15, 0.2) is 6.08 Å². The number of ether oxygens (including phenoxy) is 3. The van der Waals surface area contributed by atoms with Crippen molar-refractivity contribution in [2.45, 2.75) is 66.0 Å². The van der Waals surface area contributed by atoms with Gasteiger partial charge in [-0.15, -0.1) is 4.37 Å². The molecule has 164 valence electrons. The Morgan fingerprint density at radius 3 is 2.76 bits per heavy atom. The van der Waals surface area contributed by atoms with Crippen molar-refractivity contribution in [3.8, 4) is 5.88 Å². The van der Waals surface area contributed by atoms with Gasteiger partial charge >= 0.3 is 6.16 Å². The molecule has 2 heterocycles. The van der Waals surface area contributed by atoms with Crippen molar-refractivity contribution >= 4 is 23.5 Å². The van der Waals surface area contributed by atoms with E-state index in [1.807, 2.05) is 20.8 Å². The predicted octanol–water partition coefficient (Wildman–Crippen LogP) is 4.89. The zero-order valence-electron chi connectivity index (χ0n) is 18.5. The van der Waals surface area contributed by atoms with Crippen molar-refractivity contribution in [3.63, 3.8) is 0 Å². The molecule has 0 spiro atoms. The minimum atomic E-state index is -0.604. The van der Waals surface area contributed by atoms with E-state index in [2.05, 4.69) is 28.8 Å². The van der Waals surface area contributed by atoms with E-state index in [1.54, 1.807) is 0 Å². The lowest BCUT2D eigenvalue weighted by molar-refractivity contribution is -0.944. The van der Waals surface area contributed by atoms with Gasteiger partial charge in [0.05, 0.1) is 38.5 Å². The summed E-state index contributed by atoms with van der Waals surface area (Å²) in [6.45, 7) is 10.7. The third-order valence-corrected chi connectivity index (χ3v) is 5.75. The fourth-order valence-corrected chi connectivity index (χ4v) is 3.78. The summed E-state index contributed by atoms with van der Waals surface area (Å²) < 4.78 is 26.1. The second kappa shape index (κ2) is 11.5. The number of likely N-dealkylation sites (N-methyl/N-ethyl adjacent to an activating group) is 1. The molecule has 0 aliphatic carbocycles. The number of rotatable bonds is 11. The van der Waals surface area contributed by atoms with Gasteiger partial charge in [0.25, 0.3) is 5.88 Å². The Hall–Kier alpha value is -1.67. The molecule has 1 aliphatic rings. The van der Waals surface area contributed by atoms with Crippen LogP contribution in [0.4, 0.5) is 4.79 Å². The smallest absolute Gasteiger partial charge is 0.475 e.